The molecule has 0 aliphatic heterocycles. The normalized spacial score (nSPS) is 22.2. The van der Waals surface area contributed by atoms with E-state index >= 15 is 0 Å². The second-order valence-corrected chi connectivity index (χ2v) is 5.75. The molecular weight excluding hydrogens is 295 g/mol. The fourth-order valence-electron chi connectivity index (χ4n) is 2.69. The molecule has 1 fully saturated rings. The first kappa shape index (κ1) is 16.6. The molecule has 3 nitrogen and oxygen atoms in total. The molecule has 1 aliphatic rings. The van der Waals surface area contributed by atoms with E-state index < -0.39 is 11.7 Å². The highest BCUT2D eigenvalue weighted by Crippen LogP contribution is 2.31. The molecule has 0 radical (unpaired) electrons. The highest BCUT2D eigenvalue weighted by Gasteiger charge is 2.30. The summed E-state index contributed by atoms with van der Waals surface area (Å²) in [5.74, 6) is 0.170. The van der Waals surface area contributed by atoms with Crippen LogP contribution in [0.25, 0.3) is 0 Å². The van der Waals surface area contributed by atoms with Crippen molar-refractivity contribution >= 4 is 5.91 Å². The Bertz CT molecular complexity index is 516. The lowest BCUT2D eigenvalue weighted by Crippen LogP contribution is -2.43. The van der Waals surface area contributed by atoms with E-state index in [-0.39, 0.29) is 24.3 Å². The van der Waals surface area contributed by atoms with Crippen LogP contribution in [0.3, 0.4) is 0 Å². The molecule has 1 aromatic rings. The molecule has 1 aromatic carbocycles. The van der Waals surface area contributed by atoms with Crippen LogP contribution in [0.4, 0.5) is 13.2 Å². The van der Waals surface area contributed by atoms with Crippen LogP contribution in [0.15, 0.2) is 24.3 Å². The number of carbonyl (C=O) groups excluding carboxylic acids is 1. The molecule has 2 rings (SSSR count). The van der Waals surface area contributed by atoms with Gasteiger partial charge < -0.3 is 10.1 Å². The number of hydrogen-bond donors (Lipinski definition) is 1. The summed E-state index contributed by atoms with van der Waals surface area (Å²) in [6.45, 7) is 1.82. The average Bonchev–Trinajstić information content (AvgIpc) is 2.47. The summed E-state index contributed by atoms with van der Waals surface area (Å²) in [7, 11) is 0. The molecule has 0 bridgehead atoms. The van der Waals surface area contributed by atoms with Crippen molar-refractivity contribution in [3.05, 3.63) is 29.8 Å². The fraction of sp³-hybridized carbons (Fsp3) is 0.562. The number of hydrogen-bond acceptors (Lipinski definition) is 2. The van der Waals surface area contributed by atoms with Gasteiger partial charge in [-0.15, -0.1) is 0 Å². The highest BCUT2D eigenvalue weighted by atomic mass is 19.4. The molecule has 0 heterocycles. The van der Waals surface area contributed by atoms with E-state index in [0.29, 0.717) is 5.92 Å². The quantitative estimate of drug-likeness (QED) is 0.918. The minimum atomic E-state index is -4.42. The molecule has 1 amide bonds. The maximum absolute atomic E-state index is 12.6. The van der Waals surface area contributed by atoms with Crippen molar-refractivity contribution in [2.24, 2.45) is 5.92 Å². The summed E-state index contributed by atoms with van der Waals surface area (Å²) in [5.41, 5.74) is -0.786. The third-order valence-corrected chi connectivity index (χ3v) is 3.99. The monoisotopic (exact) mass is 315 g/mol. The molecule has 0 aromatic heterocycles. The lowest BCUT2D eigenvalue weighted by atomic mass is 9.86. The smallest absolute Gasteiger partial charge is 0.416 e. The molecule has 1 saturated carbocycles. The van der Waals surface area contributed by atoms with Crippen LogP contribution in [0.2, 0.25) is 0 Å². The summed E-state index contributed by atoms with van der Waals surface area (Å²) >= 11 is 0. The standard InChI is InChI=1S/C16H20F3NO2/c1-11-5-2-3-8-14(11)20-15(21)10-22-13-7-4-6-12(9-13)16(17,18)19/h4,6-7,9,11,14H,2-3,5,8,10H2,1H3,(H,20,21)/t11-,14+/m1/s1. The van der Waals surface area contributed by atoms with Crippen molar-refractivity contribution in [2.75, 3.05) is 6.61 Å². The molecule has 6 heteroatoms. The fourth-order valence-corrected chi connectivity index (χ4v) is 2.69. The van der Waals surface area contributed by atoms with Gasteiger partial charge >= 0.3 is 6.18 Å². The van der Waals surface area contributed by atoms with E-state index in [4.69, 9.17) is 4.74 Å². The van der Waals surface area contributed by atoms with Crippen molar-refractivity contribution in [3.63, 3.8) is 0 Å². The molecule has 0 saturated heterocycles. The second-order valence-electron chi connectivity index (χ2n) is 5.75. The van der Waals surface area contributed by atoms with Gasteiger partial charge in [-0.25, -0.2) is 0 Å². The van der Waals surface area contributed by atoms with E-state index in [0.717, 1.165) is 31.4 Å². The van der Waals surface area contributed by atoms with Gasteiger partial charge in [0.1, 0.15) is 5.75 Å². The molecule has 0 unspecified atom stereocenters. The Hall–Kier alpha value is -1.72. The van der Waals surface area contributed by atoms with Crippen molar-refractivity contribution < 1.29 is 22.7 Å². The lowest BCUT2D eigenvalue weighted by Gasteiger charge is -2.29. The minimum Gasteiger partial charge on any atom is -0.484 e. The van der Waals surface area contributed by atoms with Crippen molar-refractivity contribution in [3.8, 4) is 5.75 Å². The Morgan fingerprint density at radius 1 is 1.32 bits per heavy atom. The lowest BCUT2D eigenvalue weighted by molar-refractivity contribution is -0.137. The van der Waals surface area contributed by atoms with Gasteiger partial charge in [-0.1, -0.05) is 25.8 Å². The van der Waals surface area contributed by atoms with Gasteiger partial charge in [0.05, 0.1) is 5.56 Å². The Morgan fingerprint density at radius 3 is 2.73 bits per heavy atom. The van der Waals surface area contributed by atoms with Crippen LogP contribution in [0, 0.1) is 5.92 Å². The maximum atomic E-state index is 12.6. The Kier molecular flexibility index (Phi) is 5.32. The van der Waals surface area contributed by atoms with E-state index in [1.807, 2.05) is 0 Å². The van der Waals surface area contributed by atoms with E-state index in [9.17, 15) is 18.0 Å². The van der Waals surface area contributed by atoms with Gasteiger partial charge in [-0.05, 0) is 37.0 Å². The number of carbonyl (C=O) groups is 1. The van der Waals surface area contributed by atoms with Crippen molar-refractivity contribution in [2.45, 2.75) is 44.8 Å². The average molecular weight is 315 g/mol. The number of rotatable bonds is 4. The molecule has 2 atom stereocenters. The summed E-state index contributed by atoms with van der Waals surface area (Å²) in [6, 6.07) is 4.67. The molecular formula is C16H20F3NO2. The van der Waals surface area contributed by atoms with Crippen LogP contribution < -0.4 is 10.1 Å². The van der Waals surface area contributed by atoms with Crippen molar-refractivity contribution in [1.82, 2.24) is 5.32 Å². The number of halogens is 3. The molecule has 1 N–H and O–H groups in total. The molecule has 22 heavy (non-hydrogen) atoms. The summed E-state index contributed by atoms with van der Waals surface area (Å²) < 4.78 is 42.9. The largest absolute Gasteiger partial charge is 0.484 e. The van der Waals surface area contributed by atoms with Crippen LogP contribution >= 0.6 is 0 Å². The van der Waals surface area contributed by atoms with Gasteiger partial charge in [0.25, 0.3) is 5.91 Å². The zero-order valence-electron chi connectivity index (χ0n) is 12.5. The number of nitrogens with one attached hydrogen (secondary N) is 1. The first-order valence-corrected chi connectivity index (χ1v) is 7.45. The van der Waals surface area contributed by atoms with E-state index in [1.165, 1.54) is 18.6 Å². The van der Waals surface area contributed by atoms with Gasteiger partial charge in [0.15, 0.2) is 6.61 Å². The van der Waals surface area contributed by atoms with E-state index in [1.54, 1.807) is 0 Å². The second kappa shape index (κ2) is 7.03. The Morgan fingerprint density at radius 2 is 2.05 bits per heavy atom. The van der Waals surface area contributed by atoms with Gasteiger partial charge in [-0.2, -0.15) is 13.2 Å². The van der Waals surface area contributed by atoms with Crippen LogP contribution in [-0.4, -0.2) is 18.6 Å². The number of alkyl halides is 3. The Balaban J connectivity index is 1.86. The van der Waals surface area contributed by atoms with Crippen LogP contribution in [0.1, 0.15) is 38.2 Å². The zero-order valence-corrected chi connectivity index (χ0v) is 12.5. The summed E-state index contributed by atoms with van der Waals surface area (Å²) in [6.07, 6.45) is -0.132. The predicted octanol–water partition coefficient (Wildman–Crippen LogP) is 3.78. The SMILES string of the molecule is C[C@@H]1CCCC[C@@H]1NC(=O)COc1cccc(C(F)(F)F)c1. The molecule has 1 aliphatic carbocycles. The first-order chi connectivity index (χ1) is 10.4. The molecule has 122 valence electrons. The van der Waals surface area contributed by atoms with E-state index in [2.05, 4.69) is 12.2 Å². The zero-order chi connectivity index (χ0) is 16.2. The highest BCUT2D eigenvalue weighted by molar-refractivity contribution is 5.77. The maximum Gasteiger partial charge on any atom is 0.416 e. The van der Waals surface area contributed by atoms with Crippen molar-refractivity contribution in [1.29, 1.82) is 0 Å². The molecule has 0 spiro atoms. The number of benzene rings is 1. The van der Waals surface area contributed by atoms with Crippen LogP contribution in [0.5, 0.6) is 5.75 Å². The Labute approximate surface area is 127 Å². The third kappa shape index (κ3) is 4.64. The minimum absolute atomic E-state index is 0.0432. The third-order valence-electron chi connectivity index (χ3n) is 3.99. The van der Waals surface area contributed by atoms with Gasteiger partial charge in [-0.3, -0.25) is 4.79 Å². The first-order valence-electron chi connectivity index (χ1n) is 7.45. The number of amides is 1. The van der Waals surface area contributed by atoms with Crippen LogP contribution in [-0.2, 0) is 11.0 Å². The summed E-state index contributed by atoms with van der Waals surface area (Å²) in [4.78, 5) is 11.9. The van der Waals surface area contributed by atoms with Gasteiger partial charge in [0.2, 0.25) is 0 Å². The predicted molar refractivity (Wildman–Crippen MR) is 76.5 cm³/mol. The topological polar surface area (TPSA) is 38.3 Å². The number of ether oxygens (including phenoxy) is 1. The van der Waals surface area contributed by atoms with Gasteiger partial charge in [0, 0.05) is 6.04 Å². The summed E-state index contributed by atoms with van der Waals surface area (Å²) in [5, 5.41) is 2.90.